The Labute approximate surface area is 242 Å². The molecule has 2 aromatic carbocycles. The Kier molecular flexibility index (Phi) is 8.75. The number of nitrogens with zero attached hydrogens (tertiary/aromatic N) is 4. The zero-order valence-electron chi connectivity index (χ0n) is 23.2. The van der Waals surface area contributed by atoms with Gasteiger partial charge in [-0.2, -0.15) is 17.8 Å². The summed E-state index contributed by atoms with van der Waals surface area (Å²) < 4.78 is 32.8. The molecule has 2 aromatic heterocycles. The molecule has 0 aliphatic heterocycles. The second-order valence-electron chi connectivity index (χ2n) is 10.2. The summed E-state index contributed by atoms with van der Waals surface area (Å²) in [5.41, 5.74) is 3.48. The molecular weight excluding hydrogens is 566 g/mol. The Morgan fingerprint density at radius 2 is 1.71 bits per heavy atom. The van der Waals surface area contributed by atoms with E-state index in [0.717, 1.165) is 21.3 Å². The van der Waals surface area contributed by atoms with Crippen molar-refractivity contribution in [1.29, 1.82) is 0 Å². The van der Waals surface area contributed by atoms with Crippen LogP contribution in [-0.4, -0.2) is 53.7 Å². The first-order valence-electron chi connectivity index (χ1n) is 12.5. The fraction of sp³-hybridized carbons (Fsp3) is 0.259. The topological polar surface area (TPSA) is 148 Å². The van der Waals surface area contributed by atoms with Crippen LogP contribution in [0.1, 0.15) is 32.0 Å². The van der Waals surface area contributed by atoms with Gasteiger partial charge >= 0.3 is 22.3 Å². The minimum absolute atomic E-state index is 0.145. The minimum Gasteiger partial charge on any atom is -0.444 e. The first-order chi connectivity index (χ1) is 19.3. The van der Waals surface area contributed by atoms with E-state index in [1.54, 1.807) is 33.7 Å². The molecule has 0 saturated carbocycles. The summed E-state index contributed by atoms with van der Waals surface area (Å²) in [5, 5.41) is 12.7. The number of anilines is 2. The second-order valence-corrected chi connectivity index (χ2v) is 12.9. The van der Waals surface area contributed by atoms with Gasteiger partial charge in [0.2, 0.25) is 0 Å². The van der Waals surface area contributed by atoms with Gasteiger partial charge in [0, 0.05) is 36.5 Å². The Hall–Kier alpha value is -4.27. The monoisotopic (exact) mass is 597 g/mol. The molecule has 41 heavy (non-hydrogen) atoms. The van der Waals surface area contributed by atoms with Gasteiger partial charge in [-0.1, -0.05) is 63.2 Å². The number of benzene rings is 2. The molecule has 0 aliphatic rings. The van der Waals surface area contributed by atoms with Crippen LogP contribution in [0.4, 0.5) is 20.5 Å². The Morgan fingerprint density at radius 1 is 1.02 bits per heavy atom. The normalized spacial score (nSPS) is 11.8. The van der Waals surface area contributed by atoms with E-state index in [0.29, 0.717) is 22.2 Å². The highest BCUT2D eigenvalue weighted by Gasteiger charge is 2.22. The van der Waals surface area contributed by atoms with Crippen molar-refractivity contribution in [2.75, 3.05) is 24.7 Å². The quantitative estimate of drug-likeness (QED) is 0.260. The molecule has 3 amide bonds. The maximum absolute atomic E-state index is 12.9. The van der Waals surface area contributed by atoms with Crippen molar-refractivity contribution in [3.8, 4) is 16.9 Å². The Morgan fingerprint density at radius 3 is 2.34 bits per heavy atom. The van der Waals surface area contributed by atoms with Gasteiger partial charge in [-0.3, -0.25) is 10.6 Å². The van der Waals surface area contributed by atoms with Crippen LogP contribution in [0, 0.1) is 0 Å². The molecule has 0 atom stereocenters. The van der Waals surface area contributed by atoms with Gasteiger partial charge in [0.25, 0.3) is 0 Å². The van der Waals surface area contributed by atoms with E-state index in [1.165, 1.54) is 25.4 Å². The Bertz CT molecular complexity index is 1620. The molecule has 3 N–H and O–H groups in total. The number of ether oxygens (including phenoxy) is 1. The fourth-order valence-corrected chi connectivity index (χ4v) is 4.63. The molecule has 0 aliphatic carbocycles. The number of thiazole rings is 1. The van der Waals surface area contributed by atoms with Crippen molar-refractivity contribution >= 4 is 44.6 Å². The standard InChI is InChI=1S/C27H31N7O5S2/c1-27(2,3)22-15-23(29-24(35)30-25-28-21(17-40-25)19-9-7-6-8-10-19)34(31-22)20-13-11-18(12-14-20)16-39-26(36)32-41(37,38)33(4)5/h6-15,17H,16H2,1-5H3,(H,32,36)(H2,28,29,30,35). The van der Waals surface area contributed by atoms with Crippen molar-refractivity contribution in [1.82, 2.24) is 23.8 Å². The zero-order chi connectivity index (χ0) is 29.8. The number of hydrogen-bond acceptors (Lipinski definition) is 8. The predicted molar refractivity (Wildman–Crippen MR) is 158 cm³/mol. The van der Waals surface area contributed by atoms with Gasteiger partial charge in [0.15, 0.2) is 5.13 Å². The minimum atomic E-state index is -3.95. The van der Waals surface area contributed by atoms with Crippen molar-refractivity contribution in [3.63, 3.8) is 0 Å². The maximum atomic E-state index is 12.9. The molecule has 0 unspecified atom stereocenters. The van der Waals surface area contributed by atoms with Gasteiger partial charge in [-0.05, 0) is 17.7 Å². The van der Waals surface area contributed by atoms with E-state index in [-0.39, 0.29) is 12.0 Å². The largest absolute Gasteiger partial charge is 0.444 e. The van der Waals surface area contributed by atoms with E-state index in [9.17, 15) is 18.0 Å². The van der Waals surface area contributed by atoms with Crippen LogP contribution in [0.3, 0.4) is 0 Å². The summed E-state index contributed by atoms with van der Waals surface area (Å²) in [5.74, 6) is 0.449. The van der Waals surface area contributed by atoms with Crippen molar-refractivity contribution < 1.29 is 22.7 Å². The highest BCUT2D eigenvalue weighted by atomic mass is 32.2. The molecule has 4 aromatic rings. The lowest BCUT2D eigenvalue weighted by Gasteiger charge is -2.14. The molecule has 0 saturated heterocycles. The van der Waals surface area contributed by atoms with Crippen LogP contribution in [0.5, 0.6) is 0 Å². The lowest BCUT2D eigenvalue weighted by Crippen LogP contribution is -2.39. The number of rotatable bonds is 8. The number of hydrogen-bond donors (Lipinski definition) is 3. The van der Waals surface area contributed by atoms with Crippen LogP contribution in [0.15, 0.2) is 66.0 Å². The lowest BCUT2D eigenvalue weighted by molar-refractivity contribution is 0.145. The van der Waals surface area contributed by atoms with Gasteiger partial charge < -0.3 is 4.74 Å². The Balaban J connectivity index is 1.46. The maximum Gasteiger partial charge on any atom is 0.422 e. The molecule has 2 heterocycles. The molecule has 0 bridgehead atoms. The summed E-state index contributed by atoms with van der Waals surface area (Å²) >= 11 is 1.32. The first-order valence-corrected chi connectivity index (χ1v) is 14.8. The third-order valence-corrected chi connectivity index (χ3v) is 7.90. The molecule has 12 nitrogen and oxygen atoms in total. The SMILES string of the molecule is CN(C)S(=O)(=O)NC(=O)OCc1ccc(-n2nc(C(C)(C)C)cc2NC(=O)Nc2nc(-c3ccccc3)cs2)cc1. The second kappa shape index (κ2) is 12.1. The molecule has 0 radical (unpaired) electrons. The average molecular weight is 598 g/mol. The fourth-order valence-electron chi connectivity index (χ4n) is 3.46. The van der Waals surface area contributed by atoms with Gasteiger partial charge in [-0.25, -0.2) is 24.0 Å². The van der Waals surface area contributed by atoms with Crippen LogP contribution in [0.25, 0.3) is 16.9 Å². The lowest BCUT2D eigenvalue weighted by atomic mass is 9.92. The van der Waals surface area contributed by atoms with Crippen LogP contribution >= 0.6 is 11.3 Å². The zero-order valence-corrected chi connectivity index (χ0v) is 24.8. The number of carbonyl (C=O) groups is 2. The number of urea groups is 1. The van der Waals surface area contributed by atoms with Gasteiger partial charge in [-0.15, -0.1) is 11.3 Å². The van der Waals surface area contributed by atoms with E-state index in [2.05, 4.69) is 15.6 Å². The van der Waals surface area contributed by atoms with Crippen molar-refractivity contribution in [3.05, 3.63) is 77.3 Å². The van der Waals surface area contributed by atoms with E-state index in [1.807, 2.05) is 62.5 Å². The average Bonchev–Trinajstić information content (AvgIpc) is 3.55. The number of amides is 3. The highest BCUT2D eigenvalue weighted by molar-refractivity contribution is 7.87. The third-order valence-electron chi connectivity index (χ3n) is 5.76. The molecule has 4 rings (SSSR count). The number of nitrogens with one attached hydrogen (secondary N) is 3. The third kappa shape index (κ3) is 7.68. The molecule has 14 heteroatoms. The summed E-state index contributed by atoms with van der Waals surface area (Å²) in [6.07, 6.45) is -1.08. The molecule has 0 fully saturated rings. The number of carbonyl (C=O) groups excluding carboxylic acids is 2. The van der Waals surface area contributed by atoms with Gasteiger partial charge in [0.05, 0.1) is 17.1 Å². The summed E-state index contributed by atoms with van der Waals surface area (Å²) in [6.45, 7) is 5.91. The molecule has 0 spiro atoms. The number of aromatic nitrogens is 3. The van der Waals surface area contributed by atoms with Crippen molar-refractivity contribution in [2.24, 2.45) is 0 Å². The van der Waals surface area contributed by atoms with Crippen LogP contribution < -0.4 is 15.4 Å². The molecule has 216 valence electrons. The van der Waals surface area contributed by atoms with Gasteiger partial charge in [0.1, 0.15) is 12.4 Å². The highest BCUT2D eigenvalue weighted by Crippen LogP contribution is 2.28. The van der Waals surface area contributed by atoms with Crippen LogP contribution in [-0.2, 0) is 27.0 Å². The summed E-state index contributed by atoms with van der Waals surface area (Å²) in [6, 6.07) is 18.0. The van der Waals surface area contributed by atoms with E-state index < -0.39 is 22.3 Å². The van der Waals surface area contributed by atoms with E-state index >= 15 is 0 Å². The van der Waals surface area contributed by atoms with Crippen LogP contribution in [0.2, 0.25) is 0 Å². The summed E-state index contributed by atoms with van der Waals surface area (Å²) in [7, 11) is -1.36. The summed E-state index contributed by atoms with van der Waals surface area (Å²) in [4.78, 5) is 29.3. The predicted octanol–water partition coefficient (Wildman–Crippen LogP) is 4.97. The smallest absolute Gasteiger partial charge is 0.422 e. The first kappa shape index (κ1) is 29.7. The van der Waals surface area contributed by atoms with Crippen molar-refractivity contribution in [2.45, 2.75) is 32.8 Å². The van der Waals surface area contributed by atoms with E-state index in [4.69, 9.17) is 9.84 Å². The molecular formula is C27H31N7O5S2.